The fraction of sp³-hybridized carbons (Fsp3) is 0.286. The summed E-state index contributed by atoms with van der Waals surface area (Å²) in [6, 6.07) is 13.6. The second-order valence-corrected chi connectivity index (χ2v) is 7.59. The first-order chi connectivity index (χ1) is 13.2. The van der Waals surface area contributed by atoms with Crippen LogP contribution < -0.4 is 10.6 Å². The molecule has 1 aliphatic rings. The van der Waals surface area contributed by atoms with Gasteiger partial charge in [0.15, 0.2) is 0 Å². The van der Waals surface area contributed by atoms with Crippen molar-refractivity contribution in [1.82, 2.24) is 15.5 Å². The largest absolute Gasteiger partial charge is 0.348 e. The molecule has 1 saturated heterocycles. The van der Waals surface area contributed by atoms with Gasteiger partial charge in [-0.3, -0.25) is 14.5 Å². The van der Waals surface area contributed by atoms with E-state index in [1.165, 1.54) is 0 Å². The number of urea groups is 1. The second-order valence-electron chi connectivity index (χ2n) is 7.15. The van der Waals surface area contributed by atoms with Crippen LogP contribution in [0.5, 0.6) is 0 Å². The fourth-order valence-electron chi connectivity index (χ4n) is 3.19. The summed E-state index contributed by atoms with van der Waals surface area (Å²) in [7, 11) is 0. The number of carbonyl (C=O) groups is 3. The van der Waals surface area contributed by atoms with E-state index in [4.69, 9.17) is 11.6 Å². The van der Waals surface area contributed by atoms with Gasteiger partial charge in [0.1, 0.15) is 12.1 Å². The van der Waals surface area contributed by atoms with Crippen LogP contribution >= 0.6 is 11.6 Å². The molecule has 3 rings (SSSR count). The number of rotatable bonds is 5. The maximum atomic E-state index is 12.9. The van der Waals surface area contributed by atoms with Crippen LogP contribution in [0.2, 0.25) is 5.02 Å². The van der Waals surface area contributed by atoms with Crippen LogP contribution in [0.1, 0.15) is 36.6 Å². The van der Waals surface area contributed by atoms with Crippen molar-refractivity contribution >= 4 is 29.4 Å². The van der Waals surface area contributed by atoms with Gasteiger partial charge < -0.3 is 10.6 Å². The lowest BCUT2D eigenvalue weighted by Crippen LogP contribution is -2.43. The Bertz CT molecular complexity index is 911. The SMILES string of the molecule is Cc1ccc([C@@]2(C)NC(=O)N(CC(=O)N[C@@H](C)c3ccc(Cl)cc3)C2=O)cc1. The zero-order chi connectivity index (χ0) is 20.5. The van der Waals surface area contributed by atoms with Crippen molar-refractivity contribution in [1.29, 1.82) is 0 Å². The van der Waals surface area contributed by atoms with Crippen molar-refractivity contribution in [2.75, 3.05) is 6.54 Å². The first-order valence-corrected chi connectivity index (χ1v) is 9.34. The van der Waals surface area contributed by atoms with E-state index in [-0.39, 0.29) is 12.6 Å². The van der Waals surface area contributed by atoms with Crippen molar-refractivity contribution in [2.45, 2.75) is 32.4 Å². The Labute approximate surface area is 168 Å². The molecular formula is C21H22ClN3O3. The zero-order valence-corrected chi connectivity index (χ0v) is 16.7. The smallest absolute Gasteiger partial charge is 0.325 e. The van der Waals surface area contributed by atoms with Gasteiger partial charge in [0, 0.05) is 5.02 Å². The summed E-state index contributed by atoms with van der Waals surface area (Å²) in [5.74, 6) is -0.866. The number of nitrogens with zero attached hydrogens (tertiary/aromatic N) is 1. The fourth-order valence-corrected chi connectivity index (χ4v) is 3.31. The predicted molar refractivity (Wildman–Crippen MR) is 107 cm³/mol. The van der Waals surface area contributed by atoms with Gasteiger partial charge in [-0.05, 0) is 44.0 Å². The Balaban J connectivity index is 1.69. The van der Waals surface area contributed by atoms with E-state index in [9.17, 15) is 14.4 Å². The van der Waals surface area contributed by atoms with Crippen molar-refractivity contribution in [3.63, 3.8) is 0 Å². The monoisotopic (exact) mass is 399 g/mol. The Hall–Kier alpha value is -2.86. The molecule has 2 aromatic carbocycles. The number of carbonyl (C=O) groups excluding carboxylic acids is 3. The van der Waals surface area contributed by atoms with Gasteiger partial charge in [-0.15, -0.1) is 0 Å². The van der Waals surface area contributed by atoms with E-state index in [2.05, 4.69) is 10.6 Å². The Morgan fingerprint density at radius 1 is 1.14 bits per heavy atom. The molecule has 0 saturated carbocycles. The van der Waals surface area contributed by atoms with Gasteiger partial charge in [-0.25, -0.2) is 4.79 Å². The normalized spacial score (nSPS) is 20.1. The van der Waals surface area contributed by atoms with Gasteiger partial charge in [0.25, 0.3) is 5.91 Å². The topological polar surface area (TPSA) is 78.5 Å². The van der Waals surface area contributed by atoms with Gasteiger partial charge in [0.05, 0.1) is 6.04 Å². The third kappa shape index (κ3) is 3.87. The van der Waals surface area contributed by atoms with E-state index in [0.29, 0.717) is 10.6 Å². The minimum atomic E-state index is -1.19. The molecular weight excluding hydrogens is 378 g/mol. The van der Waals surface area contributed by atoms with Gasteiger partial charge >= 0.3 is 6.03 Å². The lowest BCUT2D eigenvalue weighted by atomic mass is 9.91. The molecule has 28 heavy (non-hydrogen) atoms. The van der Waals surface area contributed by atoms with Crippen LogP contribution in [-0.4, -0.2) is 29.3 Å². The summed E-state index contributed by atoms with van der Waals surface area (Å²) in [5.41, 5.74) is 1.41. The molecule has 1 fully saturated rings. The summed E-state index contributed by atoms with van der Waals surface area (Å²) < 4.78 is 0. The molecule has 2 aromatic rings. The third-order valence-corrected chi connectivity index (χ3v) is 5.21. The molecule has 1 aliphatic heterocycles. The molecule has 146 valence electrons. The highest BCUT2D eigenvalue weighted by molar-refractivity contribution is 6.30. The number of amides is 4. The van der Waals surface area contributed by atoms with Gasteiger partial charge in [0.2, 0.25) is 5.91 Å². The molecule has 0 bridgehead atoms. The number of hydrogen-bond donors (Lipinski definition) is 2. The van der Waals surface area contributed by atoms with E-state index in [1.807, 2.05) is 38.1 Å². The van der Waals surface area contributed by atoms with E-state index >= 15 is 0 Å². The lowest BCUT2D eigenvalue weighted by Gasteiger charge is -2.22. The average molecular weight is 400 g/mol. The average Bonchev–Trinajstić information content (AvgIpc) is 2.86. The summed E-state index contributed by atoms with van der Waals surface area (Å²) >= 11 is 5.88. The minimum Gasteiger partial charge on any atom is -0.348 e. The molecule has 0 aromatic heterocycles. The highest BCUT2D eigenvalue weighted by Crippen LogP contribution is 2.29. The van der Waals surface area contributed by atoms with E-state index < -0.39 is 23.4 Å². The number of aryl methyl sites for hydroxylation is 1. The molecule has 7 heteroatoms. The van der Waals surface area contributed by atoms with Crippen LogP contribution in [0, 0.1) is 6.92 Å². The highest BCUT2D eigenvalue weighted by atomic mass is 35.5. The molecule has 0 radical (unpaired) electrons. The van der Waals surface area contributed by atoms with Crippen molar-refractivity contribution in [3.8, 4) is 0 Å². The van der Waals surface area contributed by atoms with Crippen LogP contribution in [0.3, 0.4) is 0 Å². The van der Waals surface area contributed by atoms with Crippen LogP contribution in [0.4, 0.5) is 4.79 Å². The summed E-state index contributed by atoms with van der Waals surface area (Å²) in [6.45, 7) is 5.07. The Kier molecular flexibility index (Phi) is 5.42. The molecule has 1 heterocycles. The van der Waals surface area contributed by atoms with Gasteiger partial charge in [-0.1, -0.05) is 53.6 Å². The zero-order valence-electron chi connectivity index (χ0n) is 16.0. The lowest BCUT2D eigenvalue weighted by molar-refractivity contribution is -0.135. The van der Waals surface area contributed by atoms with Crippen molar-refractivity contribution < 1.29 is 14.4 Å². The minimum absolute atomic E-state index is 0.283. The molecule has 2 N–H and O–H groups in total. The molecule has 6 nitrogen and oxygen atoms in total. The quantitative estimate of drug-likeness (QED) is 0.757. The van der Waals surface area contributed by atoms with E-state index in [1.54, 1.807) is 31.2 Å². The number of nitrogens with one attached hydrogen (secondary N) is 2. The maximum absolute atomic E-state index is 12.9. The Morgan fingerprint density at radius 3 is 2.36 bits per heavy atom. The number of hydrogen-bond acceptors (Lipinski definition) is 3. The second kappa shape index (κ2) is 7.64. The van der Waals surface area contributed by atoms with Gasteiger partial charge in [-0.2, -0.15) is 0 Å². The molecule has 0 aliphatic carbocycles. The maximum Gasteiger partial charge on any atom is 0.325 e. The summed E-state index contributed by atoms with van der Waals surface area (Å²) in [5, 5.41) is 6.12. The standard InChI is InChI=1S/C21H22ClN3O3/c1-13-4-8-16(9-5-13)21(3)19(27)25(20(28)24-21)12-18(26)23-14(2)15-6-10-17(22)11-7-15/h4-11,14H,12H2,1-3H3,(H,23,26)(H,24,28)/t14-,21+/m0/s1. The van der Waals surface area contributed by atoms with Crippen LogP contribution in [0.25, 0.3) is 0 Å². The van der Waals surface area contributed by atoms with Crippen molar-refractivity contribution in [2.24, 2.45) is 0 Å². The van der Waals surface area contributed by atoms with E-state index in [0.717, 1.165) is 16.0 Å². The molecule has 0 unspecified atom stereocenters. The summed E-state index contributed by atoms with van der Waals surface area (Å²) in [6.07, 6.45) is 0. The molecule has 4 amide bonds. The first kappa shape index (κ1) is 19.9. The molecule has 2 atom stereocenters. The highest BCUT2D eigenvalue weighted by Gasteiger charge is 2.49. The first-order valence-electron chi connectivity index (χ1n) is 8.97. The third-order valence-electron chi connectivity index (χ3n) is 4.95. The van der Waals surface area contributed by atoms with Crippen molar-refractivity contribution in [3.05, 3.63) is 70.2 Å². The van der Waals surface area contributed by atoms with Crippen LogP contribution in [-0.2, 0) is 15.1 Å². The van der Waals surface area contributed by atoms with Crippen LogP contribution in [0.15, 0.2) is 48.5 Å². The number of halogens is 1. The number of imide groups is 1. The predicted octanol–water partition coefficient (Wildman–Crippen LogP) is 3.29. The number of benzene rings is 2. The molecule has 0 spiro atoms. The summed E-state index contributed by atoms with van der Waals surface area (Å²) in [4.78, 5) is 38.6. The Morgan fingerprint density at radius 2 is 1.75 bits per heavy atom.